The van der Waals surface area contributed by atoms with Gasteiger partial charge in [0.1, 0.15) is 0 Å². The number of nitrogens with one attached hydrogen (secondary N) is 1. The van der Waals surface area contributed by atoms with Crippen LogP contribution in [0.3, 0.4) is 0 Å². The van der Waals surface area contributed by atoms with Gasteiger partial charge in [-0.05, 0) is 54.3 Å². The van der Waals surface area contributed by atoms with Gasteiger partial charge < -0.3 is 11.1 Å². The van der Waals surface area contributed by atoms with E-state index in [-0.39, 0.29) is 11.7 Å². The quantitative estimate of drug-likeness (QED) is 0.604. The predicted octanol–water partition coefficient (Wildman–Crippen LogP) is 4.50. The molecular formula is C22H23N3O2S. The lowest BCUT2D eigenvalue weighted by Gasteiger charge is -2.12. The number of aromatic nitrogens is 1. The molecule has 2 amide bonds. The van der Waals surface area contributed by atoms with E-state index in [1.54, 1.807) is 24.3 Å². The Labute approximate surface area is 168 Å². The number of aryl methyl sites for hydroxylation is 1. The van der Waals surface area contributed by atoms with E-state index < -0.39 is 5.91 Å². The van der Waals surface area contributed by atoms with Crippen molar-refractivity contribution >= 4 is 40.2 Å². The van der Waals surface area contributed by atoms with Gasteiger partial charge in [-0.3, -0.25) is 9.59 Å². The molecule has 0 spiro atoms. The molecule has 28 heavy (non-hydrogen) atoms. The number of amides is 2. The summed E-state index contributed by atoms with van der Waals surface area (Å²) in [5.41, 5.74) is 9.62. The van der Waals surface area contributed by atoms with Crippen LogP contribution in [0.4, 0.5) is 5.69 Å². The molecule has 0 radical (unpaired) electrons. The van der Waals surface area contributed by atoms with Crippen molar-refractivity contribution in [2.24, 2.45) is 5.73 Å². The molecule has 0 bridgehead atoms. The van der Waals surface area contributed by atoms with E-state index in [1.807, 2.05) is 6.07 Å². The lowest BCUT2D eigenvalue weighted by atomic mass is 9.98. The fourth-order valence-corrected chi connectivity index (χ4v) is 3.77. The molecule has 0 unspecified atom stereocenters. The first-order valence-corrected chi connectivity index (χ1v) is 10.1. The van der Waals surface area contributed by atoms with Crippen molar-refractivity contribution in [3.05, 3.63) is 65.2 Å². The number of carbonyl (C=O) groups excluding carboxylic acids is 2. The van der Waals surface area contributed by atoms with Gasteiger partial charge >= 0.3 is 0 Å². The highest BCUT2D eigenvalue weighted by Crippen LogP contribution is 2.29. The maximum absolute atomic E-state index is 12.3. The molecule has 0 fully saturated rings. The molecule has 3 aromatic rings. The van der Waals surface area contributed by atoms with Crippen molar-refractivity contribution in [3.63, 3.8) is 0 Å². The number of para-hydroxylation sites is 1. The molecule has 0 aliphatic rings. The minimum absolute atomic E-state index is 0.131. The van der Waals surface area contributed by atoms with Crippen molar-refractivity contribution in [1.82, 2.24) is 4.98 Å². The first-order valence-electron chi connectivity index (χ1n) is 9.08. The fraction of sp³-hybridized carbons (Fsp3) is 0.227. The van der Waals surface area contributed by atoms with Crippen LogP contribution in [-0.2, 0) is 4.79 Å². The summed E-state index contributed by atoms with van der Waals surface area (Å²) in [6.45, 7) is 6.38. The van der Waals surface area contributed by atoms with Crippen LogP contribution >= 0.6 is 11.8 Å². The van der Waals surface area contributed by atoms with Gasteiger partial charge in [-0.15, -0.1) is 0 Å². The zero-order chi connectivity index (χ0) is 20.3. The zero-order valence-corrected chi connectivity index (χ0v) is 17.0. The van der Waals surface area contributed by atoms with Crippen LogP contribution in [0.1, 0.15) is 41.3 Å². The first kappa shape index (κ1) is 19.9. The number of rotatable bonds is 6. The normalized spacial score (nSPS) is 11.0. The molecule has 3 rings (SSSR count). The third-order valence-corrected chi connectivity index (χ3v) is 5.39. The van der Waals surface area contributed by atoms with E-state index in [4.69, 9.17) is 10.7 Å². The average molecular weight is 394 g/mol. The van der Waals surface area contributed by atoms with E-state index in [2.05, 4.69) is 44.3 Å². The molecule has 6 heteroatoms. The number of primary amides is 1. The minimum Gasteiger partial charge on any atom is -0.366 e. The van der Waals surface area contributed by atoms with Crippen molar-refractivity contribution in [1.29, 1.82) is 0 Å². The molecule has 3 N–H and O–H groups in total. The third kappa shape index (κ3) is 4.51. The fourth-order valence-electron chi connectivity index (χ4n) is 3.00. The molecule has 0 aliphatic carbocycles. The van der Waals surface area contributed by atoms with Crippen LogP contribution in [0.15, 0.2) is 53.6 Å². The molecule has 0 atom stereocenters. The summed E-state index contributed by atoms with van der Waals surface area (Å²) in [4.78, 5) is 28.2. The number of thioether (sulfide) groups is 1. The largest absolute Gasteiger partial charge is 0.366 e. The number of carbonyl (C=O) groups is 2. The second kappa shape index (κ2) is 8.44. The second-order valence-corrected chi connectivity index (χ2v) is 7.95. The molecular weight excluding hydrogens is 370 g/mol. The Kier molecular flexibility index (Phi) is 5.99. The van der Waals surface area contributed by atoms with E-state index in [0.29, 0.717) is 17.2 Å². The number of hydrogen-bond acceptors (Lipinski definition) is 4. The number of anilines is 1. The smallest absolute Gasteiger partial charge is 0.248 e. The number of pyridine rings is 1. The van der Waals surface area contributed by atoms with Gasteiger partial charge in [0, 0.05) is 16.6 Å². The molecule has 5 nitrogen and oxygen atoms in total. The summed E-state index contributed by atoms with van der Waals surface area (Å²) in [6.07, 6.45) is 0. The van der Waals surface area contributed by atoms with Crippen LogP contribution in [0.5, 0.6) is 0 Å². The van der Waals surface area contributed by atoms with Gasteiger partial charge in [0.05, 0.1) is 16.3 Å². The van der Waals surface area contributed by atoms with Crippen LogP contribution in [0, 0.1) is 6.92 Å². The Morgan fingerprint density at radius 3 is 2.50 bits per heavy atom. The lowest BCUT2D eigenvalue weighted by Crippen LogP contribution is -2.15. The summed E-state index contributed by atoms with van der Waals surface area (Å²) in [5, 5.41) is 4.80. The Morgan fingerprint density at radius 1 is 1.14 bits per heavy atom. The van der Waals surface area contributed by atoms with Crippen LogP contribution in [0.25, 0.3) is 10.9 Å². The van der Waals surface area contributed by atoms with Gasteiger partial charge in [0.15, 0.2) is 0 Å². The van der Waals surface area contributed by atoms with E-state index in [1.165, 1.54) is 17.3 Å². The Morgan fingerprint density at radius 2 is 1.86 bits per heavy atom. The van der Waals surface area contributed by atoms with Crippen molar-refractivity contribution in [2.45, 2.75) is 31.7 Å². The van der Waals surface area contributed by atoms with Gasteiger partial charge in [-0.25, -0.2) is 4.98 Å². The number of nitrogens with zero attached hydrogens (tertiary/aromatic N) is 1. The minimum atomic E-state index is -0.494. The Hall–Kier alpha value is -2.86. The Balaban J connectivity index is 1.71. The van der Waals surface area contributed by atoms with Crippen molar-refractivity contribution in [2.75, 3.05) is 11.1 Å². The highest BCUT2D eigenvalue weighted by molar-refractivity contribution is 7.99. The van der Waals surface area contributed by atoms with Gasteiger partial charge in [0.2, 0.25) is 11.8 Å². The molecule has 1 aromatic heterocycles. The van der Waals surface area contributed by atoms with Crippen LogP contribution in [-0.4, -0.2) is 22.6 Å². The number of hydrogen-bond donors (Lipinski definition) is 2. The molecule has 0 aliphatic heterocycles. The molecule has 0 saturated carbocycles. The van der Waals surface area contributed by atoms with E-state index in [0.717, 1.165) is 21.5 Å². The van der Waals surface area contributed by atoms with Gasteiger partial charge in [-0.2, -0.15) is 0 Å². The molecule has 144 valence electrons. The summed E-state index contributed by atoms with van der Waals surface area (Å²) in [7, 11) is 0. The molecule has 1 heterocycles. The highest BCUT2D eigenvalue weighted by atomic mass is 32.2. The maximum Gasteiger partial charge on any atom is 0.248 e. The zero-order valence-electron chi connectivity index (χ0n) is 16.2. The molecule has 0 saturated heterocycles. The highest BCUT2D eigenvalue weighted by Gasteiger charge is 2.11. The Bertz CT molecular complexity index is 1030. The lowest BCUT2D eigenvalue weighted by molar-refractivity contribution is -0.113. The predicted molar refractivity (Wildman–Crippen MR) is 115 cm³/mol. The topological polar surface area (TPSA) is 85.1 Å². The summed E-state index contributed by atoms with van der Waals surface area (Å²) >= 11 is 1.41. The summed E-state index contributed by atoms with van der Waals surface area (Å²) < 4.78 is 0. The SMILES string of the molecule is Cc1cc(SCC(=O)Nc2ccc(C(N)=O)cc2)nc2c(C(C)C)cccc12. The van der Waals surface area contributed by atoms with Gasteiger partial charge in [-0.1, -0.05) is 43.8 Å². The summed E-state index contributed by atoms with van der Waals surface area (Å²) in [6, 6.07) is 14.8. The maximum atomic E-state index is 12.3. The number of benzene rings is 2. The monoisotopic (exact) mass is 393 g/mol. The summed E-state index contributed by atoms with van der Waals surface area (Å²) in [5.74, 6) is 0.00214. The van der Waals surface area contributed by atoms with Crippen LogP contribution < -0.4 is 11.1 Å². The number of fused-ring (bicyclic) bond motifs is 1. The standard InChI is InChI=1S/C22H23N3O2S/c1-13(2)17-5-4-6-18-14(3)11-20(25-21(17)18)28-12-19(26)24-16-9-7-15(8-10-16)22(23)27/h4-11,13H,12H2,1-3H3,(H2,23,27)(H,24,26). The van der Waals surface area contributed by atoms with E-state index in [9.17, 15) is 9.59 Å². The van der Waals surface area contributed by atoms with Crippen molar-refractivity contribution in [3.8, 4) is 0 Å². The van der Waals surface area contributed by atoms with Gasteiger partial charge in [0.25, 0.3) is 0 Å². The first-order chi connectivity index (χ1) is 13.3. The third-order valence-electron chi connectivity index (χ3n) is 4.48. The van der Waals surface area contributed by atoms with Crippen molar-refractivity contribution < 1.29 is 9.59 Å². The average Bonchev–Trinajstić information content (AvgIpc) is 2.66. The molecule has 2 aromatic carbocycles. The van der Waals surface area contributed by atoms with E-state index >= 15 is 0 Å². The second-order valence-electron chi connectivity index (χ2n) is 6.95. The van der Waals surface area contributed by atoms with Crippen LogP contribution in [0.2, 0.25) is 0 Å². The number of nitrogens with two attached hydrogens (primary N) is 1.